The molecule has 0 aromatic carbocycles. The summed E-state index contributed by atoms with van der Waals surface area (Å²) in [6, 6.07) is 1.56. The Bertz CT molecular complexity index is 487. The molecule has 0 bridgehead atoms. The van der Waals surface area contributed by atoms with E-state index in [0.29, 0.717) is 10.8 Å². The smallest absolute Gasteiger partial charge is 0.236 e. The minimum absolute atomic E-state index is 0.00565. The summed E-state index contributed by atoms with van der Waals surface area (Å²) in [7, 11) is 0. The van der Waals surface area contributed by atoms with Crippen molar-refractivity contribution in [3.8, 4) is 0 Å². The summed E-state index contributed by atoms with van der Waals surface area (Å²) in [4.78, 5) is 38.7. The highest BCUT2D eigenvalue weighted by molar-refractivity contribution is 9.10. The first-order chi connectivity index (χ1) is 7.61. The lowest BCUT2D eigenvalue weighted by Crippen LogP contribution is -2.26. The molecule has 0 spiro atoms. The Kier molecular flexibility index (Phi) is 2.82. The molecule has 16 heavy (non-hydrogen) atoms. The van der Waals surface area contributed by atoms with Gasteiger partial charge in [-0.05, 0) is 22.0 Å². The van der Waals surface area contributed by atoms with E-state index in [1.54, 1.807) is 6.07 Å². The Morgan fingerprint density at radius 2 is 2.19 bits per heavy atom. The molecule has 1 aliphatic heterocycles. The van der Waals surface area contributed by atoms with Crippen LogP contribution in [0.5, 0.6) is 0 Å². The Hall–Kier alpha value is -1.56. The van der Waals surface area contributed by atoms with Crippen molar-refractivity contribution in [2.45, 2.75) is 6.42 Å². The molecule has 0 saturated carbocycles. The number of rotatable bonds is 2. The number of carbonyl (C=O) groups excluding carboxylic acids is 3. The minimum Gasteiger partial charge on any atom is -0.298 e. The van der Waals surface area contributed by atoms with Crippen molar-refractivity contribution >= 4 is 39.7 Å². The van der Waals surface area contributed by atoms with Crippen molar-refractivity contribution in [1.29, 1.82) is 0 Å². The molecule has 1 aromatic heterocycles. The largest absolute Gasteiger partial charge is 0.298 e. The van der Waals surface area contributed by atoms with Gasteiger partial charge in [0.2, 0.25) is 5.91 Å². The zero-order chi connectivity index (χ0) is 11.7. The third kappa shape index (κ3) is 1.88. The van der Waals surface area contributed by atoms with E-state index in [1.165, 1.54) is 11.1 Å². The summed E-state index contributed by atoms with van der Waals surface area (Å²) in [6.45, 7) is -0.00565. The molecule has 82 valence electrons. The summed E-state index contributed by atoms with van der Waals surface area (Å²) >= 11 is 3.18. The number of anilines is 1. The van der Waals surface area contributed by atoms with Gasteiger partial charge in [0.15, 0.2) is 12.1 Å². The van der Waals surface area contributed by atoms with Gasteiger partial charge in [0, 0.05) is 10.7 Å². The van der Waals surface area contributed by atoms with E-state index in [-0.39, 0.29) is 36.0 Å². The van der Waals surface area contributed by atoms with Gasteiger partial charge in [0.25, 0.3) is 0 Å². The first-order valence-corrected chi connectivity index (χ1v) is 5.34. The lowest BCUT2D eigenvalue weighted by Gasteiger charge is -2.15. The Balaban J connectivity index is 2.44. The normalized spacial score (nSPS) is 15.7. The monoisotopic (exact) mass is 282 g/mol. The summed E-state index contributed by atoms with van der Waals surface area (Å²) in [5.41, 5.74) is 0.289. The zero-order valence-electron chi connectivity index (χ0n) is 8.14. The second kappa shape index (κ2) is 4.13. The van der Waals surface area contributed by atoms with Crippen LogP contribution in [0.4, 0.5) is 5.82 Å². The van der Waals surface area contributed by atoms with Crippen molar-refractivity contribution in [2.24, 2.45) is 0 Å². The molecule has 6 heteroatoms. The molecule has 0 unspecified atom stereocenters. The van der Waals surface area contributed by atoms with E-state index in [2.05, 4.69) is 20.9 Å². The van der Waals surface area contributed by atoms with E-state index < -0.39 is 0 Å². The highest BCUT2D eigenvalue weighted by Gasteiger charge is 2.30. The molecule has 2 heterocycles. The van der Waals surface area contributed by atoms with Crippen LogP contribution in [0.2, 0.25) is 0 Å². The second-order valence-corrected chi connectivity index (χ2v) is 4.30. The third-order valence-electron chi connectivity index (χ3n) is 2.23. The zero-order valence-corrected chi connectivity index (χ0v) is 9.73. The van der Waals surface area contributed by atoms with Crippen LogP contribution in [0.15, 0.2) is 16.7 Å². The number of halogens is 1. The van der Waals surface area contributed by atoms with Crippen LogP contribution in [0, 0.1) is 0 Å². The van der Waals surface area contributed by atoms with E-state index in [9.17, 15) is 14.4 Å². The van der Waals surface area contributed by atoms with E-state index in [0.717, 1.165) is 0 Å². The molecule has 1 fully saturated rings. The molecule has 1 aliphatic rings. The van der Waals surface area contributed by atoms with Gasteiger partial charge in [0.05, 0.1) is 18.5 Å². The van der Waals surface area contributed by atoms with Crippen LogP contribution in [0.3, 0.4) is 0 Å². The number of pyridine rings is 1. The maximum Gasteiger partial charge on any atom is 0.236 e. The number of aromatic nitrogens is 1. The molecule has 0 aliphatic carbocycles. The lowest BCUT2D eigenvalue weighted by atomic mass is 10.2. The number of ketones is 1. The van der Waals surface area contributed by atoms with Crippen molar-refractivity contribution < 1.29 is 14.4 Å². The average molecular weight is 283 g/mol. The van der Waals surface area contributed by atoms with Gasteiger partial charge < -0.3 is 0 Å². The van der Waals surface area contributed by atoms with Gasteiger partial charge in [-0.1, -0.05) is 0 Å². The number of aldehydes is 1. The SMILES string of the molecule is O=Cc1cc(Br)cnc1N1CC(=O)CC1=O. The number of hydrogen-bond acceptors (Lipinski definition) is 4. The fourth-order valence-corrected chi connectivity index (χ4v) is 1.89. The first-order valence-electron chi connectivity index (χ1n) is 4.54. The number of nitrogens with zero attached hydrogens (tertiary/aromatic N) is 2. The minimum atomic E-state index is -0.317. The maximum absolute atomic E-state index is 11.5. The molecule has 5 nitrogen and oxygen atoms in total. The first kappa shape index (κ1) is 10.9. The molecule has 1 aromatic rings. The number of hydrogen-bond donors (Lipinski definition) is 0. The van der Waals surface area contributed by atoms with Crippen molar-refractivity contribution in [3.05, 3.63) is 22.3 Å². The topological polar surface area (TPSA) is 67.3 Å². The van der Waals surface area contributed by atoms with Crippen LogP contribution in [-0.4, -0.2) is 29.5 Å². The molecule has 2 rings (SSSR count). The van der Waals surface area contributed by atoms with Gasteiger partial charge in [-0.3, -0.25) is 19.3 Å². The van der Waals surface area contributed by atoms with Gasteiger partial charge in [0.1, 0.15) is 5.82 Å². The molecule has 0 N–H and O–H groups in total. The lowest BCUT2D eigenvalue weighted by molar-refractivity contribution is -0.121. The Morgan fingerprint density at radius 1 is 1.44 bits per heavy atom. The highest BCUT2D eigenvalue weighted by atomic mass is 79.9. The Labute approximate surface area is 99.6 Å². The van der Waals surface area contributed by atoms with Crippen molar-refractivity contribution in [2.75, 3.05) is 11.4 Å². The van der Waals surface area contributed by atoms with Crippen LogP contribution < -0.4 is 4.90 Å². The van der Waals surface area contributed by atoms with Crippen molar-refractivity contribution in [3.63, 3.8) is 0 Å². The number of amides is 1. The van der Waals surface area contributed by atoms with Gasteiger partial charge >= 0.3 is 0 Å². The Morgan fingerprint density at radius 3 is 2.75 bits per heavy atom. The summed E-state index contributed by atoms with van der Waals surface area (Å²) in [6.07, 6.45) is 1.98. The standard InChI is InChI=1S/C10H7BrN2O3/c11-7-1-6(5-14)10(12-3-7)13-4-8(15)2-9(13)16/h1,3,5H,2,4H2. The van der Waals surface area contributed by atoms with Crippen LogP contribution in [0.25, 0.3) is 0 Å². The fraction of sp³-hybridized carbons (Fsp3) is 0.200. The van der Waals surface area contributed by atoms with Crippen LogP contribution >= 0.6 is 15.9 Å². The molecule has 0 radical (unpaired) electrons. The van der Waals surface area contributed by atoms with E-state index in [4.69, 9.17) is 0 Å². The molecule has 0 atom stereocenters. The summed E-state index contributed by atoms with van der Waals surface area (Å²) in [5, 5.41) is 0. The van der Waals surface area contributed by atoms with E-state index in [1.807, 2.05) is 0 Å². The molecular weight excluding hydrogens is 276 g/mol. The van der Waals surface area contributed by atoms with Crippen LogP contribution in [0.1, 0.15) is 16.8 Å². The third-order valence-corrected chi connectivity index (χ3v) is 2.66. The average Bonchev–Trinajstić information content (AvgIpc) is 2.57. The van der Waals surface area contributed by atoms with Gasteiger partial charge in [-0.15, -0.1) is 0 Å². The van der Waals surface area contributed by atoms with Crippen molar-refractivity contribution in [1.82, 2.24) is 4.98 Å². The highest BCUT2D eigenvalue weighted by Crippen LogP contribution is 2.23. The predicted molar refractivity (Wildman–Crippen MR) is 59.3 cm³/mol. The maximum atomic E-state index is 11.5. The summed E-state index contributed by atoms with van der Waals surface area (Å²) < 4.78 is 0.649. The van der Waals surface area contributed by atoms with Gasteiger partial charge in [-0.2, -0.15) is 0 Å². The summed E-state index contributed by atoms with van der Waals surface area (Å²) in [5.74, 6) is -0.233. The molecule has 1 saturated heterocycles. The second-order valence-electron chi connectivity index (χ2n) is 3.38. The number of carbonyl (C=O) groups is 3. The quantitative estimate of drug-likeness (QED) is 0.599. The predicted octanol–water partition coefficient (Wildman–Crippen LogP) is 0.962. The van der Waals surface area contributed by atoms with E-state index >= 15 is 0 Å². The fourth-order valence-electron chi connectivity index (χ4n) is 1.54. The van der Waals surface area contributed by atoms with Gasteiger partial charge in [-0.25, -0.2) is 4.98 Å². The molecule has 1 amide bonds. The molecular formula is C10H7BrN2O3. The van der Waals surface area contributed by atoms with Crippen LogP contribution in [-0.2, 0) is 9.59 Å². The number of Topliss-reactive ketones (excluding diaryl/α,β-unsaturated/α-hetero) is 1.